The molecule has 3 atom stereocenters. The Kier molecular flexibility index (Phi) is 9.25. The van der Waals surface area contributed by atoms with E-state index in [0.717, 1.165) is 5.56 Å². The standard InChI is InChI=1S/C21H33N3O6/c1-12(2)17(20(29)30)23-19(28)16(11-25)22-18(27)15(24-21(3,4)5)10-13-6-8-14(26)9-7-13/h6-9,12,15-17,24-26H,10-11H2,1-5H3,(H,22,27)(H,23,28)(H,29,30). The number of carboxylic acid groups (broad SMARTS) is 1. The Morgan fingerprint density at radius 1 is 0.967 bits per heavy atom. The van der Waals surface area contributed by atoms with E-state index in [4.69, 9.17) is 0 Å². The van der Waals surface area contributed by atoms with Crippen LogP contribution < -0.4 is 16.0 Å². The number of carboxylic acids is 1. The van der Waals surface area contributed by atoms with Gasteiger partial charge in [0.05, 0.1) is 12.6 Å². The van der Waals surface area contributed by atoms with Crippen molar-refractivity contribution in [3.05, 3.63) is 29.8 Å². The predicted molar refractivity (Wildman–Crippen MR) is 112 cm³/mol. The maximum Gasteiger partial charge on any atom is 0.326 e. The molecule has 0 aliphatic carbocycles. The highest BCUT2D eigenvalue weighted by atomic mass is 16.4. The van der Waals surface area contributed by atoms with Gasteiger partial charge in [0, 0.05) is 5.54 Å². The molecular formula is C21H33N3O6. The summed E-state index contributed by atoms with van der Waals surface area (Å²) in [6.45, 7) is 8.28. The topological polar surface area (TPSA) is 148 Å². The van der Waals surface area contributed by atoms with Crippen LogP contribution >= 0.6 is 0 Å². The van der Waals surface area contributed by atoms with Crippen molar-refractivity contribution in [2.75, 3.05) is 6.61 Å². The molecule has 0 spiro atoms. The minimum Gasteiger partial charge on any atom is -0.508 e. The van der Waals surface area contributed by atoms with E-state index in [1.807, 2.05) is 20.8 Å². The summed E-state index contributed by atoms with van der Waals surface area (Å²) in [7, 11) is 0. The van der Waals surface area contributed by atoms with Gasteiger partial charge in [0.1, 0.15) is 17.8 Å². The molecule has 0 bridgehead atoms. The summed E-state index contributed by atoms with van der Waals surface area (Å²) in [6, 6.07) is 3.27. The van der Waals surface area contributed by atoms with Gasteiger partial charge in [-0.2, -0.15) is 0 Å². The van der Waals surface area contributed by atoms with E-state index in [2.05, 4.69) is 16.0 Å². The first-order valence-electron chi connectivity index (χ1n) is 9.84. The van der Waals surface area contributed by atoms with Crippen molar-refractivity contribution in [3.63, 3.8) is 0 Å². The van der Waals surface area contributed by atoms with Crippen molar-refractivity contribution in [3.8, 4) is 5.75 Å². The lowest BCUT2D eigenvalue weighted by atomic mass is 10.00. The molecule has 1 aromatic carbocycles. The van der Waals surface area contributed by atoms with Crippen LogP contribution in [0, 0.1) is 5.92 Å². The van der Waals surface area contributed by atoms with Gasteiger partial charge in [0.15, 0.2) is 0 Å². The minimum atomic E-state index is -1.29. The van der Waals surface area contributed by atoms with Gasteiger partial charge in [-0.25, -0.2) is 4.79 Å². The average molecular weight is 424 g/mol. The number of carbonyl (C=O) groups excluding carboxylic acids is 2. The molecule has 0 saturated heterocycles. The number of aromatic hydroxyl groups is 1. The number of benzene rings is 1. The molecule has 0 radical (unpaired) electrons. The first-order valence-corrected chi connectivity index (χ1v) is 9.84. The summed E-state index contributed by atoms with van der Waals surface area (Å²) in [6.07, 6.45) is 0.285. The molecule has 1 aromatic rings. The van der Waals surface area contributed by atoms with Crippen LogP contribution in [-0.4, -0.2) is 63.4 Å². The maximum atomic E-state index is 12.9. The molecule has 0 aliphatic heterocycles. The van der Waals surface area contributed by atoms with Gasteiger partial charge in [0.25, 0.3) is 0 Å². The van der Waals surface area contributed by atoms with Crippen LogP contribution in [0.15, 0.2) is 24.3 Å². The number of amides is 2. The fourth-order valence-electron chi connectivity index (χ4n) is 2.83. The highest BCUT2D eigenvalue weighted by Crippen LogP contribution is 2.13. The number of aliphatic hydroxyl groups excluding tert-OH is 1. The van der Waals surface area contributed by atoms with Gasteiger partial charge in [-0.1, -0.05) is 26.0 Å². The molecule has 30 heavy (non-hydrogen) atoms. The normalized spacial score (nSPS) is 14.6. The molecule has 0 saturated carbocycles. The summed E-state index contributed by atoms with van der Waals surface area (Å²) in [4.78, 5) is 36.6. The number of hydrogen-bond donors (Lipinski definition) is 6. The highest BCUT2D eigenvalue weighted by molar-refractivity contribution is 5.92. The van der Waals surface area contributed by atoms with Crippen LogP contribution in [0.2, 0.25) is 0 Å². The lowest BCUT2D eigenvalue weighted by Crippen LogP contribution is -2.59. The number of hydrogen-bond acceptors (Lipinski definition) is 6. The molecule has 9 nitrogen and oxygen atoms in total. The summed E-state index contributed by atoms with van der Waals surface area (Å²) >= 11 is 0. The highest BCUT2D eigenvalue weighted by Gasteiger charge is 2.31. The second-order valence-corrected chi connectivity index (χ2v) is 8.63. The van der Waals surface area contributed by atoms with Crippen molar-refractivity contribution in [2.45, 2.75) is 64.7 Å². The fraction of sp³-hybridized carbons (Fsp3) is 0.571. The minimum absolute atomic E-state index is 0.110. The third-order valence-electron chi connectivity index (χ3n) is 4.35. The zero-order valence-electron chi connectivity index (χ0n) is 18.1. The fourth-order valence-corrected chi connectivity index (χ4v) is 2.83. The number of aliphatic carboxylic acids is 1. The molecule has 3 unspecified atom stereocenters. The zero-order chi connectivity index (χ0) is 23.1. The van der Waals surface area contributed by atoms with Gasteiger partial charge in [0.2, 0.25) is 11.8 Å². The maximum absolute atomic E-state index is 12.9. The lowest BCUT2D eigenvalue weighted by molar-refractivity contribution is -0.143. The molecule has 0 aliphatic rings. The van der Waals surface area contributed by atoms with E-state index in [0.29, 0.717) is 0 Å². The summed E-state index contributed by atoms with van der Waals surface area (Å²) in [5, 5.41) is 36.3. The SMILES string of the molecule is CC(C)C(NC(=O)C(CO)NC(=O)C(Cc1ccc(O)cc1)NC(C)(C)C)C(=O)O. The molecule has 6 N–H and O–H groups in total. The Labute approximate surface area is 176 Å². The Morgan fingerprint density at radius 2 is 1.50 bits per heavy atom. The first kappa shape index (κ1) is 25.4. The van der Waals surface area contributed by atoms with Gasteiger partial charge in [-0.05, 0) is 50.8 Å². The van der Waals surface area contributed by atoms with Crippen LogP contribution in [-0.2, 0) is 20.8 Å². The Hall–Kier alpha value is -2.65. The van der Waals surface area contributed by atoms with Crippen LogP contribution in [0.25, 0.3) is 0 Å². The lowest BCUT2D eigenvalue weighted by Gasteiger charge is -2.29. The third kappa shape index (κ3) is 8.38. The number of rotatable bonds is 10. The number of phenolic OH excluding ortho intramolecular Hbond substituents is 1. The predicted octanol–water partition coefficient (Wildman–Crippen LogP) is 0.394. The van der Waals surface area contributed by atoms with Crippen LogP contribution in [0.5, 0.6) is 5.75 Å². The summed E-state index contributed by atoms with van der Waals surface area (Å²) in [5.74, 6) is -2.74. The van der Waals surface area contributed by atoms with Crippen molar-refractivity contribution >= 4 is 17.8 Å². The zero-order valence-corrected chi connectivity index (χ0v) is 18.1. The van der Waals surface area contributed by atoms with Crippen molar-refractivity contribution < 1.29 is 29.7 Å². The monoisotopic (exact) mass is 423 g/mol. The molecular weight excluding hydrogens is 390 g/mol. The average Bonchev–Trinajstić information content (AvgIpc) is 2.63. The molecule has 2 amide bonds. The molecule has 0 aromatic heterocycles. The number of nitrogens with one attached hydrogen (secondary N) is 3. The number of carbonyl (C=O) groups is 3. The van der Waals surface area contributed by atoms with E-state index >= 15 is 0 Å². The van der Waals surface area contributed by atoms with Crippen LogP contribution in [0.1, 0.15) is 40.2 Å². The Morgan fingerprint density at radius 3 is 1.93 bits per heavy atom. The molecule has 0 heterocycles. The van der Waals surface area contributed by atoms with E-state index in [1.54, 1.807) is 26.0 Å². The van der Waals surface area contributed by atoms with Gasteiger partial charge >= 0.3 is 5.97 Å². The van der Waals surface area contributed by atoms with Gasteiger partial charge < -0.3 is 31.3 Å². The second kappa shape index (κ2) is 10.9. The molecule has 9 heteroatoms. The molecule has 1 rings (SSSR count). The Balaban J connectivity index is 2.94. The molecule has 0 fully saturated rings. The van der Waals surface area contributed by atoms with E-state index in [9.17, 15) is 29.7 Å². The van der Waals surface area contributed by atoms with Crippen LogP contribution in [0.3, 0.4) is 0 Å². The number of aliphatic hydroxyl groups is 1. The van der Waals surface area contributed by atoms with Gasteiger partial charge in [-0.15, -0.1) is 0 Å². The van der Waals surface area contributed by atoms with Gasteiger partial charge in [-0.3, -0.25) is 9.59 Å². The van der Waals surface area contributed by atoms with Crippen molar-refractivity contribution in [1.82, 2.24) is 16.0 Å². The van der Waals surface area contributed by atoms with E-state index in [-0.39, 0.29) is 18.1 Å². The summed E-state index contributed by atoms with van der Waals surface area (Å²) in [5.41, 5.74) is 0.377. The second-order valence-electron chi connectivity index (χ2n) is 8.63. The molecule has 168 valence electrons. The third-order valence-corrected chi connectivity index (χ3v) is 4.35. The largest absolute Gasteiger partial charge is 0.508 e. The van der Waals surface area contributed by atoms with E-state index in [1.165, 1.54) is 12.1 Å². The van der Waals surface area contributed by atoms with Crippen LogP contribution in [0.4, 0.5) is 0 Å². The Bertz CT molecular complexity index is 727. The smallest absolute Gasteiger partial charge is 0.326 e. The summed E-state index contributed by atoms with van der Waals surface area (Å²) < 4.78 is 0. The number of phenols is 1. The quantitative estimate of drug-likeness (QED) is 0.319. The first-order chi connectivity index (χ1) is 13.8. The van der Waals surface area contributed by atoms with E-state index < -0.39 is 48.1 Å². The van der Waals surface area contributed by atoms with Crippen molar-refractivity contribution in [1.29, 1.82) is 0 Å². The van der Waals surface area contributed by atoms with Crippen molar-refractivity contribution in [2.24, 2.45) is 5.92 Å².